The summed E-state index contributed by atoms with van der Waals surface area (Å²) in [5.41, 5.74) is 0.653. The van der Waals surface area contributed by atoms with Crippen LogP contribution in [0.4, 0.5) is 5.69 Å². The number of amides is 1. The van der Waals surface area contributed by atoms with Crippen LogP contribution in [0.2, 0.25) is 0 Å². The van der Waals surface area contributed by atoms with Crippen LogP contribution in [0.1, 0.15) is 17.3 Å². The predicted octanol–water partition coefficient (Wildman–Crippen LogP) is 0.847. The summed E-state index contributed by atoms with van der Waals surface area (Å²) in [6.07, 6.45) is 1.09. The number of nitrogens with zero attached hydrogens (tertiary/aromatic N) is 1. The Kier molecular flexibility index (Phi) is 5.52. The van der Waals surface area contributed by atoms with Crippen LogP contribution < -0.4 is 9.62 Å². The van der Waals surface area contributed by atoms with Gasteiger partial charge in [-0.1, -0.05) is 12.1 Å². The first kappa shape index (κ1) is 16.5. The molecule has 0 fully saturated rings. The molecule has 6 nitrogen and oxygen atoms in total. The Bertz CT molecular complexity index is 571. The largest absolute Gasteiger partial charge is 0.383 e. The van der Waals surface area contributed by atoms with Gasteiger partial charge in [0.25, 0.3) is 5.91 Å². The summed E-state index contributed by atoms with van der Waals surface area (Å²) in [4.78, 5) is 12.2. The number of para-hydroxylation sites is 1. The normalized spacial score (nSPS) is 12.8. The minimum absolute atomic E-state index is 0.163. The molecule has 1 amide bonds. The summed E-state index contributed by atoms with van der Waals surface area (Å²) in [5, 5.41) is 2.76. The topological polar surface area (TPSA) is 75.7 Å². The first-order valence-electron chi connectivity index (χ1n) is 6.10. The third kappa shape index (κ3) is 4.21. The average molecular weight is 300 g/mol. The Morgan fingerprint density at radius 2 is 2.00 bits per heavy atom. The number of carbonyl (C=O) groups excluding carboxylic acids is 1. The van der Waals surface area contributed by atoms with Crippen molar-refractivity contribution in [3.05, 3.63) is 29.8 Å². The molecule has 0 unspecified atom stereocenters. The van der Waals surface area contributed by atoms with Crippen molar-refractivity contribution in [1.29, 1.82) is 0 Å². The molecule has 0 aliphatic heterocycles. The van der Waals surface area contributed by atoms with E-state index in [1.54, 1.807) is 31.4 Å². The van der Waals surface area contributed by atoms with Crippen molar-refractivity contribution in [3.63, 3.8) is 0 Å². The maximum absolute atomic E-state index is 12.2. The van der Waals surface area contributed by atoms with E-state index < -0.39 is 10.0 Å². The molecule has 1 aromatic rings. The van der Waals surface area contributed by atoms with Gasteiger partial charge in [-0.15, -0.1) is 0 Å². The van der Waals surface area contributed by atoms with Gasteiger partial charge in [0.15, 0.2) is 0 Å². The molecule has 7 heteroatoms. The maximum Gasteiger partial charge on any atom is 0.253 e. The number of anilines is 1. The summed E-state index contributed by atoms with van der Waals surface area (Å²) in [6, 6.07) is 6.40. The Labute approximate surface area is 119 Å². The van der Waals surface area contributed by atoms with Crippen LogP contribution in [-0.4, -0.2) is 47.4 Å². The number of ether oxygens (including phenoxy) is 1. The fourth-order valence-corrected chi connectivity index (χ4v) is 2.23. The van der Waals surface area contributed by atoms with Crippen molar-refractivity contribution in [3.8, 4) is 0 Å². The summed E-state index contributed by atoms with van der Waals surface area (Å²) in [7, 11) is -0.456. The quantitative estimate of drug-likeness (QED) is 0.845. The van der Waals surface area contributed by atoms with Crippen LogP contribution in [0, 0.1) is 0 Å². The predicted molar refractivity (Wildman–Crippen MR) is 78.5 cm³/mol. The SMILES string of the molecule is COC[C@@H](C)NC(=O)c1ccccc1N(C)S(C)(=O)=O. The van der Waals surface area contributed by atoms with Gasteiger partial charge in [-0.25, -0.2) is 8.42 Å². The molecule has 0 bridgehead atoms. The lowest BCUT2D eigenvalue weighted by Gasteiger charge is -2.21. The van der Waals surface area contributed by atoms with Gasteiger partial charge in [0.2, 0.25) is 10.0 Å². The van der Waals surface area contributed by atoms with Crippen LogP contribution in [0.25, 0.3) is 0 Å². The second-order valence-electron chi connectivity index (χ2n) is 4.58. The van der Waals surface area contributed by atoms with Gasteiger partial charge in [-0.2, -0.15) is 0 Å². The van der Waals surface area contributed by atoms with E-state index in [4.69, 9.17) is 4.74 Å². The zero-order chi connectivity index (χ0) is 15.3. The third-order valence-electron chi connectivity index (χ3n) is 2.78. The molecule has 0 radical (unpaired) electrons. The zero-order valence-electron chi connectivity index (χ0n) is 12.1. The second-order valence-corrected chi connectivity index (χ2v) is 6.59. The highest BCUT2D eigenvalue weighted by Gasteiger charge is 2.20. The summed E-state index contributed by atoms with van der Waals surface area (Å²) in [6.45, 7) is 2.19. The van der Waals surface area contributed by atoms with Crippen LogP contribution in [0.3, 0.4) is 0 Å². The summed E-state index contributed by atoms with van der Waals surface area (Å²) < 4.78 is 29.2. The van der Waals surface area contributed by atoms with E-state index in [1.165, 1.54) is 7.05 Å². The number of carbonyl (C=O) groups is 1. The Balaban J connectivity index is 3.05. The fourth-order valence-electron chi connectivity index (χ4n) is 1.71. The number of methoxy groups -OCH3 is 1. The minimum Gasteiger partial charge on any atom is -0.383 e. The number of nitrogens with one attached hydrogen (secondary N) is 1. The molecule has 0 saturated carbocycles. The van der Waals surface area contributed by atoms with E-state index in [2.05, 4.69) is 5.32 Å². The highest BCUT2D eigenvalue weighted by atomic mass is 32.2. The Morgan fingerprint density at radius 3 is 2.55 bits per heavy atom. The van der Waals surface area contributed by atoms with Gasteiger partial charge in [0.1, 0.15) is 0 Å². The molecule has 112 valence electrons. The van der Waals surface area contributed by atoms with Gasteiger partial charge in [0.05, 0.1) is 24.1 Å². The van der Waals surface area contributed by atoms with Crippen LogP contribution in [-0.2, 0) is 14.8 Å². The standard InChI is InChI=1S/C13H20N2O4S/c1-10(9-19-3)14-13(16)11-7-5-6-8-12(11)15(2)20(4,17)18/h5-8,10H,9H2,1-4H3,(H,14,16)/t10-/m1/s1. The summed E-state index contributed by atoms with van der Waals surface area (Å²) in [5.74, 6) is -0.333. The van der Waals surface area contributed by atoms with E-state index in [9.17, 15) is 13.2 Å². The number of benzene rings is 1. The Hall–Kier alpha value is -1.60. The fraction of sp³-hybridized carbons (Fsp3) is 0.462. The van der Waals surface area contributed by atoms with Gasteiger partial charge >= 0.3 is 0 Å². The van der Waals surface area contributed by atoms with Gasteiger partial charge in [-0.3, -0.25) is 9.10 Å². The molecule has 1 rings (SSSR count). The number of sulfonamides is 1. The molecule has 1 N–H and O–H groups in total. The maximum atomic E-state index is 12.2. The van der Waals surface area contributed by atoms with Crippen molar-refractivity contribution >= 4 is 21.6 Å². The van der Waals surface area contributed by atoms with Gasteiger partial charge in [-0.05, 0) is 19.1 Å². The minimum atomic E-state index is -3.42. The summed E-state index contributed by atoms with van der Waals surface area (Å²) >= 11 is 0. The van der Waals surface area contributed by atoms with E-state index in [-0.39, 0.29) is 11.9 Å². The zero-order valence-corrected chi connectivity index (χ0v) is 12.9. The lowest BCUT2D eigenvalue weighted by molar-refractivity contribution is 0.0906. The molecule has 0 aliphatic rings. The highest BCUT2D eigenvalue weighted by Crippen LogP contribution is 2.21. The Morgan fingerprint density at radius 1 is 1.40 bits per heavy atom. The molecule has 0 aliphatic carbocycles. The number of hydrogen-bond donors (Lipinski definition) is 1. The van der Waals surface area contributed by atoms with Crippen molar-refractivity contribution in [2.45, 2.75) is 13.0 Å². The first-order chi connectivity index (χ1) is 9.27. The van der Waals surface area contributed by atoms with Crippen molar-refractivity contribution in [2.24, 2.45) is 0 Å². The van der Waals surface area contributed by atoms with E-state index in [0.29, 0.717) is 17.9 Å². The molecule has 0 heterocycles. The molecule has 0 aromatic heterocycles. The van der Waals surface area contributed by atoms with E-state index >= 15 is 0 Å². The number of hydrogen-bond acceptors (Lipinski definition) is 4. The van der Waals surface area contributed by atoms with Crippen molar-refractivity contribution in [2.75, 3.05) is 31.3 Å². The lowest BCUT2D eigenvalue weighted by Crippen LogP contribution is -2.37. The molecule has 20 heavy (non-hydrogen) atoms. The van der Waals surface area contributed by atoms with Gasteiger partial charge < -0.3 is 10.1 Å². The smallest absolute Gasteiger partial charge is 0.253 e. The lowest BCUT2D eigenvalue weighted by atomic mass is 10.1. The molecular formula is C13H20N2O4S. The molecule has 0 spiro atoms. The highest BCUT2D eigenvalue weighted by molar-refractivity contribution is 7.92. The molecule has 1 atom stereocenters. The van der Waals surface area contributed by atoms with Crippen LogP contribution in [0.15, 0.2) is 24.3 Å². The van der Waals surface area contributed by atoms with Gasteiger partial charge in [0, 0.05) is 20.2 Å². The second kappa shape index (κ2) is 6.71. The first-order valence-corrected chi connectivity index (χ1v) is 7.95. The van der Waals surface area contributed by atoms with Crippen LogP contribution in [0.5, 0.6) is 0 Å². The third-order valence-corrected chi connectivity index (χ3v) is 3.97. The van der Waals surface area contributed by atoms with Crippen LogP contribution >= 0.6 is 0 Å². The van der Waals surface area contributed by atoms with E-state index in [0.717, 1.165) is 10.6 Å². The molecule has 1 aromatic carbocycles. The average Bonchev–Trinajstić information content (AvgIpc) is 2.37. The monoisotopic (exact) mass is 300 g/mol. The number of rotatable bonds is 6. The molecule has 0 saturated heterocycles. The molecular weight excluding hydrogens is 280 g/mol. The van der Waals surface area contributed by atoms with E-state index in [1.807, 2.05) is 6.92 Å². The van der Waals surface area contributed by atoms with Crippen molar-refractivity contribution < 1.29 is 17.9 Å². The van der Waals surface area contributed by atoms with Crippen molar-refractivity contribution in [1.82, 2.24) is 5.32 Å².